The molecule has 0 fully saturated rings. The van der Waals surface area contributed by atoms with Gasteiger partial charge in [0.15, 0.2) is 0 Å². The van der Waals surface area contributed by atoms with Gasteiger partial charge < -0.3 is 5.32 Å². The van der Waals surface area contributed by atoms with Crippen LogP contribution < -0.4 is 5.32 Å². The summed E-state index contributed by atoms with van der Waals surface area (Å²) < 4.78 is 0. The molecule has 0 aliphatic carbocycles. The predicted octanol–water partition coefficient (Wildman–Crippen LogP) is 0.282. The van der Waals surface area contributed by atoms with Gasteiger partial charge in [-0.25, -0.2) is 0 Å². The Morgan fingerprint density at radius 2 is 2.44 bits per heavy atom. The molecule has 50 valence electrons. The summed E-state index contributed by atoms with van der Waals surface area (Å²) in [7, 11) is 1.56. The zero-order valence-corrected chi connectivity index (χ0v) is 5.64. The van der Waals surface area contributed by atoms with Crippen molar-refractivity contribution in [3.63, 3.8) is 0 Å². The van der Waals surface area contributed by atoms with Gasteiger partial charge in [0.1, 0.15) is 0 Å². The molecule has 0 spiro atoms. The number of nitriles is 1. The highest BCUT2D eigenvalue weighted by atomic mass is 16.1. The first-order chi connectivity index (χ1) is 4.20. The Hall–Kier alpha value is -1.04. The van der Waals surface area contributed by atoms with Gasteiger partial charge in [-0.05, 0) is 6.92 Å². The first kappa shape index (κ1) is 7.96. The van der Waals surface area contributed by atoms with E-state index in [2.05, 4.69) is 5.32 Å². The summed E-state index contributed by atoms with van der Waals surface area (Å²) in [6.07, 6.45) is 0.299. The fourth-order valence-electron chi connectivity index (χ4n) is 0.426. The minimum Gasteiger partial charge on any atom is -0.359 e. The van der Waals surface area contributed by atoms with Gasteiger partial charge in [-0.15, -0.1) is 0 Å². The first-order valence-corrected chi connectivity index (χ1v) is 2.81. The van der Waals surface area contributed by atoms with E-state index < -0.39 is 0 Å². The van der Waals surface area contributed by atoms with E-state index in [1.807, 2.05) is 6.07 Å². The Bertz CT molecular complexity index is 136. The number of nitrogens with one attached hydrogen (secondary N) is 1. The predicted molar refractivity (Wildman–Crippen MR) is 33.5 cm³/mol. The summed E-state index contributed by atoms with van der Waals surface area (Å²) in [4.78, 5) is 10.5. The lowest BCUT2D eigenvalue weighted by molar-refractivity contribution is -0.121. The monoisotopic (exact) mass is 126 g/mol. The summed E-state index contributed by atoms with van der Waals surface area (Å²) in [5.41, 5.74) is 0. The lowest BCUT2D eigenvalue weighted by atomic mass is 10.1. The van der Waals surface area contributed by atoms with Crippen LogP contribution in [0, 0.1) is 17.2 Å². The molecule has 9 heavy (non-hydrogen) atoms. The van der Waals surface area contributed by atoms with Gasteiger partial charge in [0.2, 0.25) is 5.91 Å². The van der Waals surface area contributed by atoms with Crippen LogP contribution >= 0.6 is 0 Å². The molecule has 0 aromatic rings. The lowest BCUT2D eigenvalue weighted by Gasteiger charge is -1.98. The number of nitrogens with zero attached hydrogens (tertiary/aromatic N) is 1. The number of rotatable bonds is 2. The van der Waals surface area contributed by atoms with Crippen molar-refractivity contribution in [2.24, 2.45) is 5.92 Å². The number of amides is 1. The van der Waals surface area contributed by atoms with Crippen LogP contribution in [0.2, 0.25) is 0 Å². The molecule has 0 unspecified atom stereocenters. The standard InChI is InChI=1S/C6H10N2O/c1-5(4-7)3-6(9)8-2/h5H,3H2,1-2H3,(H,8,9)/t5-/m0/s1. The van der Waals surface area contributed by atoms with E-state index in [0.717, 1.165) is 0 Å². The van der Waals surface area contributed by atoms with Gasteiger partial charge in [0, 0.05) is 13.5 Å². The third-order valence-electron chi connectivity index (χ3n) is 0.991. The van der Waals surface area contributed by atoms with Gasteiger partial charge in [-0.3, -0.25) is 4.79 Å². The van der Waals surface area contributed by atoms with Crippen molar-refractivity contribution >= 4 is 5.91 Å². The average molecular weight is 126 g/mol. The molecule has 0 aromatic heterocycles. The van der Waals surface area contributed by atoms with Gasteiger partial charge in [0.05, 0.1) is 12.0 Å². The highest BCUT2D eigenvalue weighted by molar-refractivity contribution is 5.75. The summed E-state index contributed by atoms with van der Waals surface area (Å²) in [5, 5.41) is 10.7. The molecule has 1 atom stereocenters. The van der Waals surface area contributed by atoms with Crippen LogP contribution in [0.4, 0.5) is 0 Å². The SMILES string of the molecule is CNC(=O)C[C@H](C)C#N. The van der Waals surface area contributed by atoms with Gasteiger partial charge >= 0.3 is 0 Å². The second-order valence-electron chi connectivity index (χ2n) is 1.91. The number of hydrogen-bond acceptors (Lipinski definition) is 2. The van der Waals surface area contributed by atoms with Crippen LogP contribution in [0.3, 0.4) is 0 Å². The van der Waals surface area contributed by atoms with Gasteiger partial charge in [-0.2, -0.15) is 5.26 Å². The van der Waals surface area contributed by atoms with Crippen LogP contribution in [0.15, 0.2) is 0 Å². The molecular weight excluding hydrogens is 116 g/mol. The molecule has 0 bridgehead atoms. The van der Waals surface area contributed by atoms with E-state index in [1.54, 1.807) is 14.0 Å². The maximum absolute atomic E-state index is 10.5. The molecule has 0 saturated heterocycles. The second-order valence-corrected chi connectivity index (χ2v) is 1.91. The molecule has 3 heteroatoms. The van der Waals surface area contributed by atoms with Gasteiger partial charge in [0.25, 0.3) is 0 Å². The lowest BCUT2D eigenvalue weighted by Crippen LogP contribution is -2.19. The number of carbonyl (C=O) groups excluding carboxylic acids is 1. The third kappa shape index (κ3) is 3.53. The minimum atomic E-state index is -0.176. The Labute approximate surface area is 54.7 Å². The fraction of sp³-hybridized carbons (Fsp3) is 0.667. The normalized spacial score (nSPS) is 11.7. The summed E-state index contributed by atoms with van der Waals surface area (Å²) in [5.74, 6) is -0.256. The number of carbonyl (C=O) groups is 1. The highest BCUT2D eigenvalue weighted by Gasteiger charge is 2.04. The van der Waals surface area contributed by atoms with Crippen LogP contribution in [-0.2, 0) is 4.79 Å². The molecule has 1 N–H and O–H groups in total. The molecule has 0 aromatic carbocycles. The van der Waals surface area contributed by atoms with E-state index in [-0.39, 0.29) is 11.8 Å². The maximum atomic E-state index is 10.5. The molecular formula is C6H10N2O. The van der Waals surface area contributed by atoms with Crippen molar-refractivity contribution in [1.82, 2.24) is 5.32 Å². The second kappa shape index (κ2) is 3.90. The first-order valence-electron chi connectivity index (χ1n) is 2.81. The Morgan fingerprint density at radius 3 is 2.78 bits per heavy atom. The number of hydrogen-bond donors (Lipinski definition) is 1. The van der Waals surface area contributed by atoms with Crippen LogP contribution in [0.25, 0.3) is 0 Å². The average Bonchev–Trinajstić information content (AvgIpc) is 1.87. The fourth-order valence-corrected chi connectivity index (χ4v) is 0.426. The van der Waals surface area contributed by atoms with Crippen molar-refractivity contribution in [3.05, 3.63) is 0 Å². The van der Waals surface area contributed by atoms with Crippen molar-refractivity contribution in [2.75, 3.05) is 7.05 Å². The van der Waals surface area contributed by atoms with Crippen molar-refractivity contribution in [3.8, 4) is 6.07 Å². The van der Waals surface area contributed by atoms with Crippen molar-refractivity contribution in [2.45, 2.75) is 13.3 Å². The molecule has 0 heterocycles. The van der Waals surface area contributed by atoms with E-state index in [0.29, 0.717) is 6.42 Å². The quantitative estimate of drug-likeness (QED) is 0.577. The Balaban J connectivity index is 3.50. The largest absolute Gasteiger partial charge is 0.359 e. The zero-order chi connectivity index (χ0) is 7.28. The van der Waals surface area contributed by atoms with Crippen LogP contribution in [0.1, 0.15) is 13.3 Å². The van der Waals surface area contributed by atoms with Crippen LogP contribution in [-0.4, -0.2) is 13.0 Å². The molecule has 0 saturated carbocycles. The van der Waals surface area contributed by atoms with Gasteiger partial charge in [-0.1, -0.05) is 0 Å². The summed E-state index contributed by atoms with van der Waals surface area (Å²) >= 11 is 0. The third-order valence-corrected chi connectivity index (χ3v) is 0.991. The molecule has 3 nitrogen and oxygen atoms in total. The Morgan fingerprint density at radius 1 is 1.89 bits per heavy atom. The minimum absolute atomic E-state index is 0.0796. The highest BCUT2D eigenvalue weighted by Crippen LogP contribution is 1.97. The van der Waals surface area contributed by atoms with Crippen molar-refractivity contribution in [1.29, 1.82) is 5.26 Å². The topological polar surface area (TPSA) is 52.9 Å². The smallest absolute Gasteiger partial charge is 0.221 e. The van der Waals surface area contributed by atoms with Crippen molar-refractivity contribution < 1.29 is 4.79 Å². The molecule has 1 amide bonds. The zero-order valence-electron chi connectivity index (χ0n) is 5.64. The summed E-state index contributed by atoms with van der Waals surface area (Å²) in [6.45, 7) is 1.72. The Kier molecular flexibility index (Phi) is 3.45. The molecule has 0 rings (SSSR count). The molecule has 0 aliphatic heterocycles. The van der Waals surface area contributed by atoms with E-state index in [1.165, 1.54) is 0 Å². The molecule has 0 radical (unpaired) electrons. The summed E-state index contributed by atoms with van der Waals surface area (Å²) in [6, 6.07) is 1.97. The van der Waals surface area contributed by atoms with Crippen LogP contribution in [0.5, 0.6) is 0 Å². The van der Waals surface area contributed by atoms with E-state index in [4.69, 9.17) is 5.26 Å². The van der Waals surface area contributed by atoms with E-state index >= 15 is 0 Å². The van der Waals surface area contributed by atoms with E-state index in [9.17, 15) is 4.79 Å². The maximum Gasteiger partial charge on any atom is 0.221 e. The molecule has 0 aliphatic rings.